The Bertz CT molecular complexity index is 1390. The van der Waals surface area contributed by atoms with Gasteiger partial charge in [0.2, 0.25) is 0 Å². The number of aromatic nitrogens is 1. The molecule has 0 saturated carbocycles. The predicted molar refractivity (Wildman–Crippen MR) is 168 cm³/mol. The van der Waals surface area contributed by atoms with E-state index >= 15 is 0 Å². The van der Waals surface area contributed by atoms with Crippen LogP contribution in [0.5, 0.6) is 5.75 Å². The van der Waals surface area contributed by atoms with Crippen LogP contribution in [0.2, 0.25) is 5.02 Å². The van der Waals surface area contributed by atoms with E-state index in [2.05, 4.69) is 54.6 Å². The second-order valence-electron chi connectivity index (χ2n) is 12.6. The molecule has 0 bridgehead atoms. The van der Waals surface area contributed by atoms with E-state index in [1.54, 1.807) is 47.5 Å². The number of nitrogens with zero attached hydrogens (tertiary/aromatic N) is 2. The van der Waals surface area contributed by atoms with E-state index < -0.39 is 5.60 Å². The number of carbonyl (C=O) groups excluding carboxylic acids is 2. The number of hydrogen-bond donors (Lipinski definition) is 2. The van der Waals surface area contributed by atoms with Gasteiger partial charge in [0.25, 0.3) is 5.91 Å². The van der Waals surface area contributed by atoms with Crippen molar-refractivity contribution >= 4 is 35.1 Å². The van der Waals surface area contributed by atoms with E-state index in [-0.39, 0.29) is 23.5 Å². The van der Waals surface area contributed by atoms with Gasteiger partial charge >= 0.3 is 6.09 Å². The lowest BCUT2D eigenvalue weighted by Crippen LogP contribution is -2.44. The van der Waals surface area contributed by atoms with Crippen molar-refractivity contribution in [3.8, 4) is 5.75 Å². The van der Waals surface area contributed by atoms with Crippen molar-refractivity contribution in [1.29, 1.82) is 0 Å². The quantitative estimate of drug-likeness (QED) is 0.292. The van der Waals surface area contributed by atoms with E-state index in [4.69, 9.17) is 21.1 Å². The molecule has 0 atom stereocenters. The highest BCUT2D eigenvalue weighted by molar-refractivity contribution is 6.30. The Kier molecular flexibility index (Phi) is 9.67. The molecule has 8 nitrogen and oxygen atoms in total. The molecule has 2 heterocycles. The fourth-order valence-corrected chi connectivity index (χ4v) is 4.71. The second kappa shape index (κ2) is 13.0. The molecule has 2 N–H and O–H groups in total. The van der Waals surface area contributed by atoms with Crippen molar-refractivity contribution in [2.45, 2.75) is 78.0 Å². The SMILES string of the molecule is CC(C)(C)OC(=O)N1CCC(Oc2cc(C(C)(C)C)ccc2CNc2ncccc2C(=O)Nc2ccc(Cl)cc2)CC1. The van der Waals surface area contributed by atoms with E-state index in [1.807, 2.05) is 20.8 Å². The maximum Gasteiger partial charge on any atom is 0.410 e. The zero-order valence-electron chi connectivity index (χ0n) is 25.3. The van der Waals surface area contributed by atoms with Gasteiger partial charge in [-0.1, -0.05) is 44.5 Å². The number of rotatable bonds is 7. The number of likely N-dealkylation sites (tertiary alicyclic amines) is 1. The summed E-state index contributed by atoms with van der Waals surface area (Å²) in [6.45, 7) is 13.7. The summed E-state index contributed by atoms with van der Waals surface area (Å²) in [4.78, 5) is 31.8. The number of ether oxygens (including phenoxy) is 2. The molecule has 1 aliphatic heterocycles. The van der Waals surface area contributed by atoms with Crippen LogP contribution in [-0.4, -0.2) is 46.7 Å². The number of piperidine rings is 1. The molecule has 0 radical (unpaired) electrons. The first kappa shape index (κ1) is 31.2. The minimum atomic E-state index is -0.524. The van der Waals surface area contributed by atoms with E-state index in [9.17, 15) is 9.59 Å². The normalized spacial score (nSPS) is 14.3. The monoisotopic (exact) mass is 592 g/mol. The molecular weight excluding hydrogens is 552 g/mol. The maximum atomic E-state index is 13.1. The maximum absolute atomic E-state index is 13.1. The summed E-state index contributed by atoms with van der Waals surface area (Å²) in [6.07, 6.45) is 2.75. The Labute approximate surface area is 253 Å². The number of nitrogens with one attached hydrogen (secondary N) is 2. The molecule has 2 aromatic carbocycles. The van der Waals surface area contributed by atoms with E-state index in [0.29, 0.717) is 54.6 Å². The highest BCUT2D eigenvalue weighted by Crippen LogP contribution is 2.31. The highest BCUT2D eigenvalue weighted by Gasteiger charge is 2.28. The molecular formula is C33H41ClN4O4. The summed E-state index contributed by atoms with van der Waals surface area (Å²) < 4.78 is 12.1. The first-order valence-corrected chi connectivity index (χ1v) is 14.7. The molecule has 1 fully saturated rings. The van der Waals surface area contributed by atoms with Crippen molar-refractivity contribution in [2.24, 2.45) is 0 Å². The van der Waals surface area contributed by atoms with E-state index in [0.717, 1.165) is 16.9 Å². The third kappa shape index (κ3) is 8.61. The number of benzene rings is 2. The lowest BCUT2D eigenvalue weighted by Gasteiger charge is -2.34. The molecule has 0 unspecified atom stereocenters. The Morgan fingerprint density at radius 2 is 1.69 bits per heavy atom. The largest absolute Gasteiger partial charge is 0.490 e. The average molecular weight is 593 g/mol. The van der Waals surface area contributed by atoms with Crippen molar-refractivity contribution in [3.05, 3.63) is 82.5 Å². The third-order valence-corrected chi connectivity index (χ3v) is 7.17. The van der Waals surface area contributed by atoms with Crippen LogP contribution in [0.1, 0.15) is 75.9 Å². The Hall–Kier alpha value is -3.78. The number of amides is 2. The number of pyridine rings is 1. The fourth-order valence-electron chi connectivity index (χ4n) is 4.58. The zero-order valence-corrected chi connectivity index (χ0v) is 26.0. The minimum absolute atomic E-state index is 0.0341. The van der Waals surface area contributed by atoms with Gasteiger partial charge in [-0.3, -0.25) is 4.79 Å². The van der Waals surface area contributed by atoms with Crippen LogP contribution in [0.15, 0.2) is 60.8 Å². The van der Waals surface area contributed by atoms with Crippen molar-refractivity contribution in [2.75, 3.05) is 23.7 Å². The first-order valence-electron chi connectivity index (χ1n) is 14.3. The first-order chi connectivity index (χ1) is 19.8. The van der Waals surface area contributed by atoms with Gasteiger partial charge in [0.05, 0.1) is 5.56 Å². The van der Waals surface area contributed by atoms with Gasteiger partial charge < -0.3 is 25.0 Å². The number of anilines is 2. The molecule has 1 aromatic heterocycles. The van der Waals surface area contributed by atoms with Crippen LogP contribution in [-0.2, 0) is 16.7 Å². The molecule has 0 aliphatic carbocycles. The van der Waals surface area contributed by atoms with Gasteiger partial charge in [-0.2, -0.15) is 0 Å². The molecule has 2 amide bonds. The van der Waals surface area contributed by atoms with Crippen LogP contribution in [0.4, 0.5) is 16.3 Å². The molecule has 4 rings (SSSR count). The molecule has 0 spiro atoms. The number of carbonyl (C=O) groups is 2. The molecule has 9 heteroatoms. The molecule has 1 saturated heterocycles. The van der Waals surface area contributed by atoms with Crippen LogP contribution >= 0.6 is 11.6 Å². The summed E-state index contributed by atoms with van der Waals surface area (Å²) in [6, 6.07) is 16.7. The smallest absolute Gasteiger partial charge is 0.410 e. The highest BCUT2D eigenvalue weighted by atomic mass is 35.5. The van der Waals surface area contributed by atoms with Crippen LogP contribution in [0.25, 0.3) is 0 Å². The van der Waals surface area contributed by atoms with Gasteiger partial charge in [-0.15, -0.1) is 0 Å². The molecule has 1 aliphatic rings. The Morgan fingerprint density at radius 1 is 1.00 bits per heavy atom. The fraction of sp³-hybridized carbons (Fsp3) is 0.424. The average Bonchev–Trinajstić information content (AvgIpc) is 2.92. The van der Waals surface area contributed by atoms with Crippen LogP contribution < -0.4 is 15.4 Å². The van der Waals surface area contributed by atoms with E-state index in [1.165, 1.54) is 0 Å². The minimum Gasteiger partial charge on any atom is -0.490 e. The second-order valence-corrected chi connectivity index (χ2v) is 13.0. The van der Waals surface area contributed by atoms with Crippen molar-refractivity contribution in [1.82, 2.24) is 9.88 Å². The standard InChI is InChI=1S/C33H41ClN4O4/c1-32(2,3)23-10-9-22(28(20-23)41-26-15-18-38(19-16-26)31(40)42-33(4,5)6)21-36-29-27(8-7-17-35-29)30(39)37-25-13-11-24(34)12-14-25/h7-14,17,20,26H,15-16,18-19,21H2,1-6H3,(H,35,36)(H,37,39). The van der Waals surface area contributed by atoms with Gasteiger partial charge in [0.15, 0.2) is 0 Å². The van der Waals surface area contributed by atoms with Gasteiger partial charge in [-0.25, -0.2) is 9.78 Å². The van der Waals surface area contributed by atoms with Gasteiger partial charge in [0.1, 0.15) is 23.3 Å². The van der Waals surface area contributed by atoms with Gasteiger partial charge in [-0.05, 0) is 74.2 Å². The molecule has 3 aromatic rings. The summed E-state index contributed by atoms with van der Waals surface area (Å²) in [5, 5.41) is 6.84. The number of halogens is 1. The molecule has 42 heavy (non-hydrogen) atoms. The lowest BCUT2D eigenvalue weighted by atomic mass is 9.86. The summed E-state index contributed by atoms with van der Waals surface area (Å²) in [5.41, 5.74) is 2.60. The van der Waals surface area contributed by atoms with Crippen LogP contribution in [0, 0.1) is 0 Å². The Balaban J connectivity index is 1.47. The molecule has 224 valence electrons. The van der Waals surface area contributed by atoms with Crippen molar-refractivity contribution in [3.63, 3.8) is 0 Å². The third-order valence-electron chi connectivity index (χ3n) is 6.92. The number of hydrogen-bond acceptors (Lipinski definition) is 6. The van der Waals surface area contributed by atoms with Gasteiger partial charge in [0, 0.05) is 54.9 Å². The van der Waals surface area contributed by atoms with Crippen LogP contribution in [0.3, 0.4) is 0 Å². The summed E-state index contributed by atoms with van der Waals surface area (Å²) in [5.74, 6) is 0.985. The summed E-state index contributed by atoms with van der Waals surface area (Å²) >= 11 is 5.97. The predicted octanol–water partition coefficient (Wildman–Crippen LogP) is 7.68. The Morgan fingerprint density at radius 3 is 2.33 bits per heavy atom. The van der Waals surface area contributed by atoms with Crippen molar-refractivity contribution < 1.29 is 19.1 Å². The zero-order chi connectivity index (χ0) is 30.5. The lowest BCUT2D eigenvalue weighted by molar-refractivity contribution is 0.0125. The topological polar surface area (TPSA) is 92.8 Å². The summed E-state index contributed by atoms with van der Waals surface area (Å²) in [7, 11) is 0.